The van der Waals surface area contributed by atoms with Crippen LogP contribution in [-0.2, 0) is 13.1 Å². The maximum atomic E-state index is 5.46. The first-order valence-electron chi connectivity index (χ1n) is 5.94. The summed E-state index contributed by atoms with van der Waals surface area (Å²) in [5.74, 6) is 1.83. The summed E-state index contributed by atoms with van der Waals surface area (Å²) in [4.78, 5) is 0. The van der Waals surface area contributed by atoms with E-state index in [0.29, 0.717) is 13.2 Å². The number of benzene rings is 1. The van der Waals surface area contributed by atoms with Gasteiger partial charge in [0.25, 0.3) is 0 Å². The third-order valence-electron chi connectivity index (χ3n) is 2.47. The van der Waals surface area contributed by atoms with Gasteiger partial charge in [0.15, 0.2) is 4.67 Å². The van der Waals surface area contributed by atoms with Crippen molar-refractivity contribution in [2.24, 2.45) is 0 Å². The van der Waals surface area contributed by atoms with Crippen molar-refractivity contribution in [1.82, 2.24) is 5.32 Å². The normalized spacial score (nSPS) is 10.6. The predicted octanol–water partition coefficient (Wildman–Crippen LogP) is 3.73. The molecular formula is C14H16BrNO2. The van der Waals surface area contributed by atoms with Crippen LogP contribution in [0.1, 0.15) is 18.2 Å². The smallest absolute Gasteiger partial charge is 0.169 e. The summed E-state index contributed by atoms with van der Waals surface area (Å²) in [6.07, 6.45) is 0. The second kappa shape index (κ2) is 6.61. The highest BCUT2D eigenvalue weighted by Gasteiger charge is 2.00. The number of rotatable bonds is 6. The third-order valence-corrected chi connectivity index (χ3v) is 2.89. The fraction of sp³-hybridized carbons (Fsp3) is 0.286. The number of ether oxygens (including phenoxy) is 1. The number of furan rings is 1. The van der Waals surface area contributed by atoms with E-state index in [1.807, 2.05) is 31.2 Å². The Hall–Kier alpha value is -1.26. The van der Waals surface area contributed by atoms with Crippen LogP contribution in [0.5, 0.6) is 5.75 Å². The summed E-state index contributed by atoms with van der Waals surface area (Å²) in [6, 6.07) is 11.9. The standard InChI is InChI=1S/C14H16BrNO2/c1-2-17-12-5-3-4-11(8-12)9-16-10-13-6-7-14(15)18-13/h3-8,16H,2,9-10H2,1H3. The molecule has 18 heavy (non-hydrogen) atoms. The van der Waals surface area contributed by atoms with E-state index in [-0.39, 0.29) is 0 Å². The average Bonchev–Trinajstić information content (AvgIpc) is 2.76. The molecule has 0 saturated heterocycles. The Labute approximate surface area is 115 Å². The molecule has 3 nitrogen and oxygen atoms in total. The largest absolute Gasteiger partial charge is 0.494 e. The van der Waals surface area contributed by atoms with Crippen molar-refractivity contribution >= 4 is 15.9 Å². The molecule has 0 amide bonds. The lowest BCUT2D eigenvalue weighted by atomic mass is 10.2. The first kappa shape index (κ1) is 13.2. The van der Waals surface area contributed by atoms with E-state index in [4.69, 9.17) is 9.15 Å². The maximum Gasteiger partial charge on any atom is 0.169 e. The summed E-state index contributed by atoms with van der Waals surface area (Å²) in [6.45, 7) is 4.18. The van der Waals surface area contributed by atoms with Gasteiger partial charge in [-0.3, -0.25) is 0 Å². The van der Waals surface area contributed by atoms with Crippen molar-refractivity contribution in [3.8, 4) is 5.75 Å². The first-order valence-corrected chi connectivity index (χ1v) is 6.74. The van der Waals surface area contributed by atoms with E-state index < -0.39 is 0 Å². The number of nitrogens with one attached hydrogen (secondary N) is 1. The van der Waals surface area contributed by atoms with Gasteiger partial charge >= 0.3 is 0 Å². The van der Waals surface area contributed by atoms with Gasteiger partial charge < -0.3 is 14.5 Å². The second-order valence-corrected chi connectivity index (χ2v) is 4.67. The highest BCUT2D eigenvalue weighted by molar-refractivity contribution is 9.10. The van der Waals surface area contributed by atoms with Gasteiger partial charge in [-0.25, -0.2) is 0 Å². The molecule has 0 unspecified atom stereocenters. The molecule has 0 saturated carbocycles. The zero-order valence-corrected chi connectivity index (χ0v) is 11.9. The molecule has 96 valence electrons. The molecule has 0 radical (unpaired) electrons. The predicted molar refractivity (Wildman–Crippen MR) is 74.6 cm³/mol. The van der Waals surface area contributed by atoms with Crippen LogP contribution in [0.4, 0.5) is 0 Å². The van der Waals surface area contributed by atoms with Crippen molar-refractivity contribution in [3.05, 3.63) is 52.4 Å². The minimum Gasteiger partial charge on any atom is -0.494 e. The van der Waals surface area contributed by atoms with E-state index in [0.717, 1.165) is 22.7 Å². The quantitative estimate of drug-likeness (QED) is 0.883. The van der Waals surface area contributed by atoms with E-state index in [1.165, 1.54) is 5.56 Å². The minimum absolute atomic E-state index is 0.692. The molecule has 0 aliphatic carbocycles. The lowest BCUT2D eigenvalue weighted by Gasteiger charge is -2.06. The Bertz CT molecular complexity index is 496. The van der Waals surface area contributed by atoms with Gasteiger partial charge in [0.1, 0.15) is 11.5 Å². The molecule has 2 rings (SSSR count). The third kappa shape index (κ3) is 3.89. The van der Waals surface area contributed by atoms with Crippen LogP contribution in [0.25, 0.3) is 0 Å². The molecule has 1 aromatic carbocycles. The maximum absolute atomic E-state index is 5.46. The molecule has 0 spiro atoms. The van der Waals surface area contributed by atoms with Gasteiger partial charge in [-0.2, -0.15) is 0 Å². The molecule has 2 aromatic rings. The van der Waals surface area contributed by atoms with Crippen molar-refractivity contribution in [2.75, 3.05) is 6.61 Å². The Morgan fingerprint density at radius 2 is 2.11 bits per heavy atom. The molecule has 0 aliphatic heterocycles. The summed E-state index contributed by atoms with van der Waals surface area (Å²) in [5, 5.41) is 3.33. The SMILES string of the molecule is CCOc1cccc(CNCc2ccc(Br)o2)c1. The van der Waals surface area contributed by atoms with Crippen LogP contribution in [0, 0.1) is 0 Å². The van der Waals surface area contributed by atoms with Crippen molar-refractivity contribution < 1.29 is 9.15 Å². The van der Waals surface area contributed by atoms with Gasteiger partial charge in [0.2, 0.25) is 0 Å². The summed E-state index contributed by atoms with van der Waals surface area (Å²) in [5.41, 5.74) is 1.20. The molecule has 0 aliphatic rings. The summed E-state index contributed by atoms with van der Waals surface area (Å²) >= 11 is 3.28. The lowest BCUT2D eigenvalue weighted by Crippen LogP contribution is -2.12. The average molecular weight is 310 g/mol. The zero-order chi connectivity index (χ0) is 12.8. The summed E-state index contributed by atoms with van der Waals surface area (Å²) < 4.78 is 11.6. The van der Waals surface area contributed by atoms with Gasteiger partial charge in [0, 0.05) is 6.54 Å². The van der Waals surface area contributed by atoms with Gasteiger partial charge in [0.05, 0.1) is 13.2 Å². The lowest BCUT2D eigenvalue weighted by molar-refractivity contribution is 0.340. The van der Waals surface area contributed by atoms with Crippen LogP contribution in [0.2, 0.25) is 0 Å². The van der Waals surface area contributed by atoms with E-state index in [9.17, 15) is 0 Å². The molecule has 0 fully saturated rings. The topological polar surface area (TPSA) is 34.4 Å². The molecule has 4 heteroatoms. The Morgan fingerprint density at radius 3 is 2.83 bits per heavy atom. The number of hydrogen-bond acceptors (Lipinski definition) is 3. The highest BCUT2D eigenvalue weighted by atomic mass is 79.9. The zero-order valence-electron chi connectivity index (χ0n) is 10.3. The Morgan fingerprint density at radius 1 is 1.22 bits per heavy atom. The Balaban J connectivity index is 1.84. The fourth-order valence-corrected chi connectivity index (χ4v) is 2.03. The minimum atomic E-state index is 0.692. The number of halogens is 1. The fourth-order valence-electron chi connectivity index (χ4n) is 1.69. The second-order valence-electron chi connectivity index (χ2n) is 3.89. The highest BCUT2D eigenvalue weighted by Crippen LogP contribution is 2.15. The first-order chi connectivity index (χ1) is 8.78. The number of hydrogen-bond donors (Lipinski definition) is 1. The van der Waals surface area contributed by atoms with Crippen LogP contribution in [0.15, 0.2) is 45.5 Å². The van der Waals surface area contributed by atoms with Crippen LogP contribution >= 0.6 is 15.9 Å². The monoisotopic (exact) mass is 309 g/mol. The van der Waals surface area contributed by atoms with Crippen molar-refractivity contribution in [1.29, 1.82) is 0 Å². The van der Waals surface area contributed by atoms with Crippen LogP contribution < -0.4 is 10.1 Å². The van der Waals surface area contributed by atoms with E-state index >= 15 is 0 Å². The van der Waals surface area contributed by atoms with Crippen molar-refractivity contribution in [2.45, 2.75) is 20.0 Å². The summed E-state index contributed by atoms with van der Waals surface area (Å²) in [7, 11) is 0. The van der Waals surface area contributed by atoms with Crippen LogP contribution in [-0.4, -0.2) is 6.61 Å². The molecular weight excluding hydrogens is 294 g/mol. The molecule has 1 N–H and O–H groups in total. The Kier molecular flexibility index (Phi) is 4.84. The van der Waals surface area contributed by atoms with E-state index in [2.05, 4.69) is 33.4 Å². The van der Waals surface area contributed by atoms with Gasteiger partial charge in [-0.15, -0.1) is 0 Å². The van der Waals surface area contributed by atoms with E-state index in [1.54, 1.807) is 0 Å². The van der Waals surface area contributed by atoms with Crippen molar-refractivity contribution in [3.63, 3.8) is 0 Å². The molecule has 0 atom stereocenters. The molecule has 1 heterocycles. The molecule has 1 aromatic heterocycles. The van der Waals surface area contributed by atoms with Gasteiger partial charge in [-0.1, -0.05) is 12.1 Å². The van der Waals surface area contributed by atoms with Crippen LogP contribution in [0.3, 0.4) is 0 Å². The van der Waals surface area contributed by atoms with Gasteiger partial charge in [-0.05, 0) is 52.7 Å². The molecule has 0 bridgehead atoms.